The molecule has 2 aromatic rings. The van der Waals surface area contributed by atoms with Gasteiger partial charge in [-0.2, -0.15) is 0 Å². The van der Waals surface area contributed by atoms with E-state index in [1.54, 1.807) is 24.3 Å². The molecule has 1 aliphatic heterocycles. The van der Waals surface area contributed by atoms with Crippen LogP contribution in [-0.4, -0.2) is 57.2 Å². The van der Waals surface area contributed by atoms with Crippen molar-refractivity contribution in [1.29, 1.82) is 0 Å². The van der Waals surface area contributed by atoms with Crippen molar-refractivity contribution >= 4 is 21.6 Å². The Morgan fingerprint density at radius 2 is 1.43 bits per heavy atom. The minimum atomic E-state index is -3.30. The number of sulfonamides is 1. The van der Waals surface area contributed by atoms with E-state index < -0.39 is 10.0 Å². The summed E-state index contributed by atoms with van der Waals surface area (Å²) in [6.45, 7) is 3.76. The lowest BCUT2D eigenvalue weighted by Gasteiger charge is -2.37. The third-order valence-electron chi connectivity index (χ3n) is 9.71. The highest BCUT2D eigenvalue weighted by molar-refractivity contribution is 7.92. The van der Waals surface area contributed by atoms with Gasteiger partial charge in [0.25, 0.3) is 0 Å². The Hall–Kier alpha value is -2.62. The van der Waals surface area contributed by atoms with Crippen molar-refractivity contribution in [3.8, 4) is 11.5 Å². The number of hydrogen-bond acceptors (Lipinski definition) is 6. The predicted molar refractivity (Wildman–Crippen MR) is 177 cm³/mol. The largest absolute Gasteiger partial charge is 0.457 e. The number of ether oxygens (including phenoxy) is 1. The molecule has 1 saturated heterocycles. The third-order valence-corrected chi connectivity index (χ3v) is 10.3. The summed E-state index contributed by atoms with van der Waals surface area (Å²) in [5.41, 5.74) is 1.75. The van der Waals surface area contributed by atoms with Gasteiger partial charge < -0.3 is 15.4 Å². The van der Waals surface area contributed by atoms with Gasteiger partial charge in [-0.3, -0.25) is 14.4 Å². The number of carbonyl (C=O) groups excluding carboxylic acids is 1. The summed E-state index contributed by atoms with van der Waals surface area (Å²) < 4.78 is 31.2. The van der Waals surface area contributed by atoms with Crippen LogP contribution in [0.15, 0.2) is 48.5 Å². The first-order valence-corrected chi connectivity index (χ1v) is 18.8. The first-order chi connectivity index (χ1) is 21.3. The highest BCUT2D eigenvalue weighted by atomic mass is 32.2. The maximum absolute atomic E-state index is 13.5. The van der Waals surface area contributed by atoms with Gasteiger partial charge in [-0.05, 0) is 99.0 Å². The van der Waals surface area contributed by atoms with Crippen molar-refractivity contribution in [3.63, 3.8) is 0 Å². The Kier molecular flexibility index (Phi) is 12.0. The first-order valence-electron chi connectivity index (χ1n) is 16.9. The number of nitrogens with zero attached hydrogens (tertiary/aromatic N) is 1. The van der Waals surface area contributed by atoms with E-state index in [1.807, 2.05) is 12.1 Å². The van der Waals surface area contributed by atoms with E-state index in [0.717, 1.165) is 76.2 Å². The Bertz CT molecular complexity index is 1260. The van der Waals surface area contributed by atoms with Crippen LogP contribution >= 0.6 is 0 Å². The number of nitrogens with one attached hydrogen (secondary N) is 3. The molecule has 3 fully saturated rings. The second kappa shape index (κ2) is 16.1. The lowest BCUT2D eigenvalue weighted by molar-refractivity contribution is -0.125. The number of likely N-dealkylation sites (tertiary alicyclic amines) is 1. The molecule has 1 heterocycles. The van der Waals surface area contributed by atoms with Crippen LogP contribution < -0.4 is 20.1 Å². The fourth-order valence-electron chi connectivity index (χ4n) is 7.25. The molecule has 8 nitrogen and oxygen atoms in total. The number of piperidine rings is 1. The van der Waals surface area contributed by atoms with Gasteiger partial charge in [-0.15, -0.1) is 0 Å². The van der Waals surface area contributed by atoms with E-state index in [-0.39, 0.29) is 11.9 Å². The van der Waals surface area contributed by atoms with Crippen LogP contribution in [0.4, 0.5) is 5.69 Å². The molecule has 5 rings (SSSR count). The minimum absolute atomic E-state index is 0.0575. The summed E-state index contributed by atoms with van der Waals surface area (Å²) >= 11 is 0. The first kappa shape index (κ1) is 32.8. The monoisotopic (exact) mass is 624 g/mol. The van der Waals surface area contributed by atoms with Crippen LogP contribution in [0.25, 0.3) is 0 Å². The SMILES string of the molecule is CS(=O)(=O)Nc1ccc(Oc2ccc(CN3CCC(NC(C(=O)NCCC4CCCCC4)C4CCCCC4)CC3)cc2)cc1. The van der Waals surface area contributed by atoms with Gasteiger partial charge in [0, 0.05) is 24.8 Å². The van der Waals surface area contributed by atoms with Crippen molar-refractivity contribution in [2.75, 3.05) is 30.6 Å². The van der Waals surface area contributed by atoms with Crippen LogP contribution in [0.2, 0.25) is 0 Å². The normalized spacial score (nSPS) is 20.2. The zero-order chi connectivity index (χ0) is 30.8. The van der Waals surface area contributed by atoms with Gasteiger partial charge in [0.05, 0.1) is 12.3 Å². The van der Waals surface area contributed by atoms with Gasteiger partial charge in [0.15, 0.2) is 0 Å². The molecule has 2 aromatic carbocycles. The fourth-order valence-corrected chi connectivity index (χ4v) is 7.82. The number of anilines is 1. The van der Waals surface area contributed by atoms with Crippen LogP contribution in [0.3, 0.4) is 0 Å². The number of amides is 1. The minimum Gasteiger partial charge on any atom is -0.457 e. The number of benzene rings is 2. The Labute approximate surface area is 264 Å². The molecule has 1 atom stereocenters. The van der Waals surface area contributed by atoms with Crippen LogP contribution in [0, 0.1) is 11.8 Å². The Morgan fingerprint density at radius 3 is 2.05 bits per heavy atom. The lowest BCUT2D eigenvalue weighted by atomic mass is 9.82. The second-order valence-corrected chi connectivity index (χ2v) is 15.1. The van der Waals surface area contributed by atoms with Crippen molar-refractivity contribution in [1.82, 2.24) is 15.5 Å². The summed E-state index contributed by atoms with van der Waals surface area (Å²) in [5, 5.41) is 7.20. The quantitative estimate of drug-likeness (QED) is 0.237. The molecule has 0 bridgehead atoms. The van der Waals surface area contributed by atoms with Crippen LogP contribution in [0.5, 0.6) is 11.5 Å². The molecule has 1 unspecified atom stereocenters. The van der Waals surface area contributed by atoms with E-state index in [1.165, 1.54) is 56.9 Å². The third kappa shape index (κ3) is 10.5. The summed E-state index contributed by atoms with van der Waals surface area (Å²) in [6.07, 6.45) is 17.3. The summed E-state index contributed by atoms with van der Waals surface area (Å²) in [5.74, 6) is 2.88. The summed E-state index contributed by atoms with van der Waals surface area (Å²) in [6, 6.07) is 15.4. The molecule has 9 heteroatoms. The maximum Gasteiger partial charge on any atom is 0.237 e. The molecule has 242 valence electrons. The van der Waals surface area contributed by atoms with Crippen molar-refractivity contribution in [2.24, 2.45) is 11.8 Å². The maximum atomic E-state index is 13.5. The average Bonchev–Trinajstić information content (AvgIpc) is 3.03. The number of hydrogen-bond donors (Lipinski definition) is 3. The molecular formula is C35H52N4O4S. The van der Waals surface area contributed by atoms with Crippen LogP contribution in [0.1, 0.15) is 89.0 Å². The molecular weight excluding hydrogens is 572 g/mol. The fraction of sp³-hybridized carbons (Fsp3) is 0.629. The van der Waals surface area contributed by atoms with Gasteiger partial charge in [0.1, 0.15) is 11.5 Å². The molecule has 3 N–H and O–H groups in total. The summed E-state index contributed by atoms with van der Waals surface area (Å²) in [7, 11) is -3.30. The van der Waals surface area contributed by atoms with E-state index in [4.69, 9.17) is 4.74 Å². The molecule has 44 heavy (non-hydrogen) atoms. The standard InChI is InChI=1S/C35H52N4O4S/c1-44(41,42)38-31-14-18-33(19-15-31)43-32-16-12-28(13-17-32)26-39-24-21-30(22-25-39)37-34(29-10-6-3-7-11-29)35(40)36-23-20-27-8-4-2-5-9-27/h12-19,27,29-30,34,37-38H,2-11,20-26H2,1H3,(H,36,40). The molecule has 2 saturated carbocycles. The van der Waals surface area contributed by atoms with E-state index in [9.17, 15) is 13.2 Å². The van der Waals surface area contributed by atoms with Crippen LogP contribution in [-0.2, 0) is 21.4 Å². The smallest absolute Gasteiger partial charge is 0.237 e. The number of rotatable bonds is 13. The Morgan fingerprint density at radius 1 is 0.841 bits per heavy atom. The average molecular weight is 625 g/mol. The van der Waals surface area contributed by atoms with Gasteiger partial charge >= 0.3 is 0 Å². The molecule has 0 aromatic heterocycles. The molecule has 0 radical (unpaired) electrons. The van der Waals surface area contributed by atoms with Gasteiger partial charge in [0.2, 0.25) is 15.9 Å². The molecule has 0 spiro atoms. The van der Waals surface area contributed by atoms with Crippen molar-refractivity contribution < 1.29 is 17.9 Å². The van der Waals surface area contributed by atoms with Crippen molar-refractivity contribution in [2.45, 2.75) is 102 Å². The van der Waals surface area contributed by atoms with Gasteiger partial charge in [-0.1, -0.05) is 63.5 Å². The van der Waals surface area contributed by atoms with E-state index >= 15 is 0 Å². The zero-order valence-corrected chi connectivity index (χ0v) is 27.3. The second-order valence-electron chi connectivity index (χ2n) is 13.3. The molecule has 2 aliphatic carbocycles. The highest BCUT2D eigenvalue weighted by Gasteiger charge is 2.32. The van der Waals surface area contributed by atoms with Crippen molar-refractivity contribution in [3.05, 3.63) is 54.1 Å². The zero-order valence-electron chi connectivity index (χ0n) is 26.4. The Balaban J connectivity index is 1.06. The number of carbonyl (C=O) groups is 1. The molecule has 3 aliphatic rings. The predicted octanol–water partition coefficient (Wildman–Crippen LogP) is 6.44. The summed E-state index contributed by atoms with van der Waals surface area (Å²) in [4.78, 5) is 16.0. The van der Waals surface area contributed by atoms with E-state index in [2.05, 4.69) is 32.4 Å². The topological polar surface area (TPSA) is 99.8 Å². The highest BCUT2D eigenvalue weighted by Crippen LogP contribution is 2.29. The lowest BCUT2D eigenvalue weighted by Crippen LogP contribution is -2.55. The van der Waals surface area contributed by atoms with Gasteiger partial charge in [-0.25, -0.2) is 8.42 Å². The van der Waals surface area contributed by atoms with E-state index in [0.29, 0.717) is 23.4 Å². The molecule has 1 amide bonds.